The Hall–Kier alpha value is -4.39. The van der Waals surface area contributed by atoms with Crippen LogP contribution in [0.2, 0.25) is 0 Å². The summed E-state index contributed by atoms with van der Waals surface area (Å²) in [6.07, 6.45) is 5.85. The number of aryl methyl sites for hydroxylation is 1. The predicted molar refractivity (Wildman–Crippen MR) is 120 cm³/mol. The number of hydrogen-bond acceptors (Lipinski definition) is 6. The third-order valence-electron chi connectivity index (χ3n) is 4.64. The zero-order valence-corrected chi connectivity index (χ0v) is 16.7. The van der Waals surface area contributed by atoms with Gasteiger partial charge >= 0.3 is 0 Å². The minimum absolute atomic E-state index is 0.298. The molecule has 7 nitrogen and oxygen atoms in total. The molecule has 152 valence electrons. The maximum atomic E-state index is 12.6. The number of nitrogens with zero attached hydrogens (tertiary/aromatic N) is 3. The monoisotopic (exact) mass is 409 g/mol. The molecule has 4 rings (SSSR count). The first-order chi connectivity index (χ1) is 15.1. The van der Waals surface area contributed by atoms with E-state index < -0.39 is 0 Å². The molecule has 0 saturated heterocycles. The average Bonchev–Trinajstić information content (AvgIpc) is 2.82. The van der Waals surface area contributed by atoms with Crippen molar-refractivity contribution in [3.05, 3.63) is 95.9 Å². The van der Waals surface area contributed by atoms with Crippen LogP contribution in [0.25, 0.3) is 11.3 Å². The standard InChI is InChI=1S/C24H19N5O2/c1-16-7-8-20(27-23(31)18-5-2-4-17(12-18)15-30)13-22(16)29-24-26-11-9-21(28-24)19-6-3-10-25-14-19/h2-15H,1H3,(H,27,31)(H,26,28,29). The van der Waals surface area contributed by atoms with Crippen LogP contribution in [-0.4, -0.2) is 27.1 Å². The van der Waals surface area contributed by atoms with E-state index in [4.69, 9.17) is 0 Å². The van der Waals surface area contributed by atoms with E-state index in [2.05, 4.69) is 25.6 Å². The first-order valence-corrected chi connectivity index (χ1v) is 9.60. The van der Waals surface area contributed by atoms with E-state index in [1.165, 1.54) is 0 Å². The molecule has 7 heteroatoms. The van der Waals surface area contributed by atoms with Gasteiger partial charge < -0.3 is 10.6 Å². The van der Waals surface area contributed by atoms with Crippen molar-refractivity contribution in [3.8, 4) is 11.3 Å². The molecule has 0 radical (unpaired) electrons. The van der Waals surface area contributed by atoms with Crippen molar-refractivity contribution in [1.29, 1.82) is 0 Å². The highest BCUT2D eigenvalue weighted by Crippen LogP contribution is 2.24. The molecule has 31 heavy (non-hydrogen) atoms. The van der Waals surface area contributed by atoms with Crippen molar-refractivity contribution in [2.75, 3.05) is 10.6 Å². The van der Waals surface area contributed by atoms with Crippen LogP contribution in [0.3, 0.4) is 0 Å². The Morgan fingerprint density at radius 2 is 1.90 bits per heavy atom. The van der Waals surface area contributed by atoms with E-state index in [0.29, 0.717) is 29.0 Å². The first kappa shape index (κ1) is 19.9. The zero-order chi connectivity index (χ0) is 21.6. The van der Waals surface area contributed by atoms with Crippen molar-refractivity contribution in [2.24, 2.45) is 0 Å². The van der Waals surface area contributed by atoms with Gasteiger partial charge in [-0.25, -0.2) is 9.97 Å². The number of amides is 1. The summed E-state index contributed by atoms with van der Waals surface area (Å²) in [7, 11) is 0. The summed E-state index contributed by atoms with van der Waals surface area (Å²) >= 11 is 0. The summed E-state index contributed by atoms with van der Waals surface area (Å²) in [6.45, 7) is 1.95. The molecule has 0 fully saturated rings. The predicted octanol–water partition coefficient (Wildman–Crippen LogP) is 4.66. The van der Waals surface area contributed by atoms with Crippen LogP contribution in [0.1, 0.15) is 26.3 Å². The van der Waals surface area contributed by atoms with Gasteiger partial charge in [0.1, 0.15) is 6.29 Å². The zero-order valence-electron chi connectivity index (χ0n) is 16.7. The molecule has 2 aromatic carbocycles. The van der Waals surface area contributed by atoms with Gasteiger partial charge in [0.25, 0.3) is 5.91 Å². The third kappa shape index (κ3) is 4.79. The van der Waals surface area contributed by atoms with Gasteiger partial charge in [-0.2, -0.15) is 0 Å². The first-order valence-electron chi connectivity index (χ1n) is 9.60. The smallest absolute Gasteiger partial charge is 0.255 e. The number of benzene rings is 2. The van der Waals surface area contributed by atoms with Crippen molar-refractivity contribution in [2.45, 2.75) is 6.92 Å². The highest BCUT2D eigenvalue weighted by Gasteiger charge is 2.10. The molecule has 0 aliphatic carbocycles. The maximum absolute atomic E-state index is 12.6. The molecule has 4 aromatic rings. The molecule has 2 heterocycles. The normalized spacial score (nSPS) is 10.4. The highest BCUT2D eigenvalue weighted by atomic mass is 16.1. The maximum Gasteiger partial charge on any atom is 0.255 e. The van der Waals surface area contributed by atoms with Crippen LogP contribution in [0.5, 0.6) is 0 Å². The largest absolute Gasteiger partial charge is 0.324 e. The number of aromatic nitrogens is 3. The molecule has 0 bridgehead atoms. The molecule has 1 amide bonds. The van der Waals surface area contributed by atoms with Crippen molar-refractivity contribution >= 4 is 29.5 Å². The molecule has 0 atom stereocenters. The molecule has 0 saturated carbocycles. The Bertz CT molecular complexity index is 1240. The second-order valence-electron chi connectivity index (χ2n) is 6.86. The Labute approximate surface area is 179 Å². The van der Waals surface area contributed by atoms with Crippen LogP contribution < -0.4 is 10.6 Å². The van der Waals surface area contributed by atoms with Gasteiger partial charge in [0.2, 0.25) is 5.95 Å². The lowest BCUT2D eigenvalue weighted by molar-refractivity contribution is 0.102. The number of carbonyl (C=O) groups is 2. The van der Waals surface area contributed by atoms with Gasteiger partial charge in [-0.05, 0) is 55.0 Å². The summed E-state index contributed by atoms with van der Waals surface area (Å²) in [5.74, 6) is 0.139. The fraction of sp³-hybridized carbons (Fsp3) is 0.0417. The summed E-state index contributed by atoms with van der Waals surface area (Å²) in [5.41, 5.74) is 4.85. The number of rotatable bonds is 6. The lowest BCUT2D eigenvalue weighted by atomic mass is 10.1. The third-order valence-corrected chi connectivity index (χ3v) is 4.64. The second kappa shape index (κ2) is 8.96. The number of hydrogen-bond donors (Lipinski definition) is 2. The summed E-state index contributed by atoms with van der Waals surface area (Å²) in [6, 6.07) is 17.7. The molecular weight excluding hydrogens is 390 g/mol. The summed E-state index contributed by atoms with van der Waals surface area (Å²) < 4.78 is 0. The van der Waals surface area contributed by atoms with E-state index in [-0.39, 0.29) is 5.91 Å². The fourth-order valence-electron chi connectivity index (χ4n) is 3.01. The molecular formula is C24H19N5O2. The van der Waals surface area contributed by atoms with E-state index >= 15 is 0 Å². The van der Waals surface area contributed by atoms with Crippen molar-refractivity contribution in [1.82, 2.24) is 15.0 Å². The SMILES string of the molecule is Cc1ccc(NC(=O)c2cccc(C=O)c2)cc1Nc1nccc(-c2cccnc2)n1. The Morgan fingerprint density at radius 1 is 1.00 bits per heavy atom. The van der Waals surface area contributed by atoms with Crippen LogP contribution in [0.4, 0.5) is 17.3 Å². The number of aldehydes is 1. The van der Waals surface area contributed by atoms with Crippen LogP contribution in [0.15, 0.2) is 79.3 Å². The molecule has 0 aliphatic heterocycles. The second-order valence-corrected chi connectivity index (χ2v) is 6.86. The Balaban J connectivity index is 1.54. The molecule has 2 N–H and O–H groups in total. The number of anilines is 3. The fourth-order valence-corrected chi connectivity index (χ4v) is 3.01. The van der Waals surface area contributed by atoms with Crippen molar-refractivity contribution in [3.63, 3.8) is 0 Å². The number of nitrogens with one attached hydrogen (secondary N) is 2. The van der Waals surface area contributed by atoms with Crippen LogP contribution >= 0.6 is 0 Å². The minimum atomic E-state index is -0.298. The van der Waals surface area contributed by atoms with Crippen LogP contribution in [0, 0.1) is 6.92 Å². The van der Waals surface area contributed by atoms with E-state index in [0.717, 1.165) is 22.5 Å². The molecule has 2 aromatic heterocycles. The van der Waals surface area contributed by atoms with E-state index in [1.807, 2.05) is 43.3 Å². The Kier molecular flexibility index (Phi) is 5.75. The summed E-state index contributed by atoms with van der Waals surface area (Å²) in [5, 5.41) is 6.07. The van der Waals surface area contributed by atoms with Crippen molar-refractivity contribution < 1.29 is 9.59 Å². The van der Waals surface area contributed by atoms with Gasteiger partial charge in [-0.3, -0.25) is 14.6 Å². The highest BCUT2D eigenvalue weighted by molar-refractivity contribution is 6.05. The molecule has 0 spiro atoms. The van der Waals surface area contributed by atoms with Gasteiger partial charge in [-0.1, -0.05) is 18.2 Å². The van der Waals surface area contributed by atoms with E-state index in [9.17, 15) is 9.59 Å². The number of pyridine rings is 1. The van der Waals surface area contributed by atoms with Gasteiger partial charge in [0.15, 0.2) is 0 Å². The molecule has 0 aliphatic rings. The summed E-state index contributed by atoms with van der Waals surface area (Å²) in [4.78, 5) is 36.5. The quantitative estimate of drug-likeness (QED) is 0.450. The van der Waals surface area contributed by atoms with Gasteiger partial charge in [0.05, 0.1) is 5.69 Å². The number of carbonyl (C=O) groups excluding carboxylic acids is 2. The van der Waals surface area contributed by atoms with Gasteiger partial charge in [-0.15, -0.1) is 0 Å². The Morgan fingerprint density at radius 3 is 2.71 bits per heavy atom. The van der Waals surface area contributed by atoms with Crippen LogP contribution in [-0.2, 0) is 0 Å². The average molecular weight is 409 g/mol. The minimum Gasteiger partial charge on any atom is -0.324 e. The topological polar surface area (TPSA) is 96.9 Å². The van der Waals surface area contributed by atoms with Gasteiger partial charge in [0, 0.05) is 46.7 Å². The lowest BCUT2D eigenvalue weighted by Gasteiger charge is -2.12. The molecule has 0 unspecified atom stereocenters. The lowest BCUT2D eigenvalue weighted by Crippen LogP contribution is -2.12. The van der Waals surface area contributed by atoms with E-state index in [1.54, 1.807) is 42.9 Å².